The maximum atomic E-state index is 5.10. The average molecular weight is 348 g/mol. The summed E-state index contributed by atoms with van der Waals surface area (Å²) in [5, 5.41) is 0. The van der Waals surface area contributed by atoms with Gasteiger partial charge < -0.3 is 9.64 Å². The molecule has 0 aliphatic heterocycles. The third kappa shape index (κ3) is 4.43. The lowest BCUT2D eigenvalue weighted by Gasteiger charge is -2.23. The molecule has 1 heterocycles. The molecule has 0 N–H and O–H groups in total. The lowest BCUT2D eigenvalue weighted by atomic mass is 9.88. The minimum absolute atomic E-state index is 0.160. The minimum atomic E-state index is 0.160. The molecule has 0 aliphatic carbocycles. The van der Waals surface area contributed by atoms with Crippen LogP contribution in [0.4, 0.5) is 5.82 Å². The Morgan fingerprint density at radius 3 is 2.47 bits per heavy atom. The van der Waals surface area contributed by atoms with Crippen LogP contribution in [0.25, 0.3) is 0 Å². The normalized spacial score (nSPS) is 11.6. The molecule has 1 aromatic rings. The zero-order valence-corrected chi connectivity index (χ0v) is 13.2. The molecule has 4 heteroatoms. The van der Waals surface area contributed by atoms with Gasteiger partial charge in [0.15, 0.2) is 0 Å². The summed E-state index contributed by atoms with van der Waals surface area (Å²) in [6.07, 6.45) is 1.97. The lowest BCUT2D eigenvalue weighted by Crippen LogP contribution is -2.26. The molecule has 0 aliphatic rings. The van der Waals surface area contributed by atoms with E-state index in [4.69, 9.17) is 4.74 Å². The average Bonchev–Trinajstić information content (AvgIpc) is 2.29. The van der Waals surface area contributed by atoms with Gasteiger partial charge in [0.25, 0.3) is 0 Å². The second kappa shape index (κ2) is 6.54. The Kier molecular flexibility index (Phi) is 5.66. The van der Waals surface area contributed by atoms with Crippen LogP contribution in [0, 0.1) is 0 Å². The summed E-state index contributed by atoms with van der Waals surface area (Å²) in [4.78, 5) is 6.74. The van der Waals surface area contributed by atoms with Gasteiger partial charge in [-0.1, -0.05) is 49.4 Å². The molecule has 0 aromatic carbocycles. The summed E-state index contributed by atoms with van der Waals surface area (Å²) in [5.41, 5.74) is 1.43. The van der Waals surface area contributed by atoms with Crippen LogP contribution in [-0.2, 0) is 10.2 Å². The molecule has 0 unspecified atom stereocenters. The molecule has 0 fully saturated rings. The maximum Gasteiger partial charge on any atom is 0.129 e. The molecule has 96 valence electrons. The monoisotopic (exact) mass is 348 g/mol. The molecule has 1 rings (SSSR count). The van der Waals surface area contributed by atoms with Gasteiger partial charge in [0.05, 0.1) is 11.2 Å². The van der Waals surface area contributed by atoms with Gasteiger partial charge in [-0.15, -0.1) is 0 Å². The Morgan fingerprint density at radius 1 is 1.35 bits per heavy atom. The van der Waals surface area contributed by atoms with Crippen LogP contribution >= 0.6 is 22.6 Å². The molecule has 1 aromatic heterocycles. The largest absolute Gasteiger partial charge is 0.383 e. The van der Waals surface area contributed by atoms with Crippen LogP contribution in [0.1, 0.15) is 26.3 Å². The van der Waals surface area contributed by atoms with Crippen LogP contribution in [0.3, 0.4) is 0 Å². The van der Waals surface area contributed by atoms with E-state index >= 15 is 0 Å². The first kappa shape index (κ1) is 14.7. The zero-order valence-electron chi connectivity index (χ0n) is 11.0. The van der Waals surface area contributed by atoms with Crippen molar-refractivity contribution in [2.24, 2.45) is 0 Å². The van der Waals surface area contributed by atoms with Crippen molar-refractivity contribution in [1.29, 1.82) is 0 Å². The van der Waals surface area contributed by atoms with E-state index in [-0.39, 0.29) is 5.41 Å². The van der Waals surface area contributed by atoms with Crippen molar-refractivity contribution in [3.8, 4) is 0 Å². The topological polar surface area (TPSA) is 25.4 Å². The molecule has 17 heavy (non-hydrogen) atoms. The van der Waals surface area contributed by atoms with Gasteiger partial charge in [-0.2, -0.15) is 0 Å². The number of alkyl halides is 1. The van der Waals surface area contributed by atoms with Crippen molar-refractivity contribution >= 4 is 28.4 Å². The number of aromatic nitrogens is 1. The second-order valence-corrected chi connectivity index (χ2v) is 5.71. The predicted octanol–water partition coefficient (Wildman–Crippen LogP) is 3.22. The number of nitrogens with zero attached hydrogens (tertiary/aromatic N) is 2. The highest BCUT2D eigenvalue weighted by Gasteiger charge is 2.14. The standard InChI is InChI=1S/C13H21IN2O/c1-13(2,3)11-5-6-12(15-9-11)16(10-14)7-8-17-4/h5-6,9H,7-8,10H2,1-4H3. The van der Waals surface area contributed by atoms with E-state index < -0.39 is 0 Å². The SMILES string of the molecule is COCCN(CI)c1ccc(C(C)(C)C)cn1. The number of halogens is 1. The van der Waals surface area contributed by atoms with Crippen molar-refractivity contribution in [2.45, 2.75) is 26.2 Å². The number of hydrogen-bond acceptors (Lipinski definition) is 3. The fourth-order valence-corrected chi connectivity index (χ4v) is 2.14. The van der Waals surface area contributed by atoms with Crippen LogP contribution in [-0.4, -0.2) is 29.8 Å². The van der Waals surface area contributed by atoms with Crippen LogP contribution < -0.4 is 4.90 Å². The van der Waals surface area contributed by atoms with Gasteiger partial charge in [0.2, 0.25) is 0 Å². The van der Waals surface area contributed by atoms with E-state index in [1.165, 1.54) is 5.56 Å². The minimum Gasteiger partial charge on any atom is -0.383 e. The summed E-state index contributed by atoms with van der Waals surface area (Å²) < 4.78 is 6.02. The molecule has 0 amide bonds. The fourth-order valence-electron chi connectivity index (χ4n) is 1.45. The van der Waals surface area contributed by atoms with Gasteiger partial charge in [0, 0.05) is 19.9 Å². The number of pyridine rings is 1. The van der Waals surface area contributed by atoms with E-state index in [2.05, 4.69) is 65.4 Å². The van der Waals surface area contributed by atoms with Gasteiger partial charge in [-0.05, 0) is 17.0 Å². The molecule has 0 saturated carbocycles. The second-order valence-electron chi connectivity index (χ2n) is 5.03. The van der Waals surface area contributed by atoms with E-state index in [1.54, 1.807) is 7.11 Å². The van der Waals surface area contributed by atoms with E-state index in [1.807, 2.05) is 6.20 Å². The summed E-state index contributed by atoms with van der Waals surface area (Å²) in [6.45, 7) is 8.20. The summed E-state index contributed by atoms with van der Waals surface area (Å²) >= 11 is 2.35. The Hall–Kier alpha value is -0.360. The highest BCUT2D eigenvalue weighted by molar-refractivity contribution is 14.1. The fraction of sp³-hybridized carbons (Fsp3) is 0.615. The van der Waals surface area contributed by atoms with Crippen molar-refractivity contribution in [2.75, 3.05) is 29.7 Å². The highest BCUT2D eigenvalue weighted by atomic mass is 127. The first-order chi connectivity index (χ1) is 7.99. The quantitative estimate of drug-likeness (QED) is 0.464. The molecule has 0 atom stereocenters. The number of methoxy groups -OCH3 is 1. The van der Waals surface area contributed by atoms with Gasteiger partial charge in [0.1, 0.15) is 5.82 Å². The summed E-state index contributed by atoms with van der Waals surface area (Å²) in [6, 6.07) is 4.25. The van der Waals surface area contributed by atoms with Crippen LogP contribution in [0.15, 0.2) is 18.3 Å². The van der Waals surface area contributed by atoms with E-state index in [9.17, 15) is 0 Å². The van der Waals surface area contributed by atoms with Gasteiger partial charge in [-0.3, -0.25) is 0 Å². The summed E-state index contributed by atoms with van der Waals surface area (Å²) in [7, 11) is 1.72. The molecule has 0 radical (unpaired) electrons. The number of hydrogen-bond donors (Lipinski definition) is 0. The molecule has 3 nitrogen and oxygen atoms in total. The van der Waals surface area contributed by atoms with E-state index in [0.29, 0.717) is 0 Å². The third-order valence-corrected chi connectivity index (χ3v) is 3.47. The van der Waals surface area contributed by atoms with Crippen molar-refractivity contribution in [1.82, 2.24) is 4.98 Å². The first-order valence-electron chi connectivity index (χ1n) is 5.75. The van der Waals surface area contributed by atoms with E-state index in [0.717, 1.165) is 23.5 Å². The lowest BCUT2D eigenvalue weighted by molar-refractivity contribution is 0.206. The number of anilines is 1. The molecule has 0 saturated heterocycles. The predicted molar refractivity (Wildman–Crippen MR) is 81.0 cm³/mol. The van der Waals surface area contributed by atoms with Crippen molar-refractivity contribution < 1.29 is 4.74 Å². The van der Waals surface area contributed by atoms with Crippen LogP contribution in [0.2, 0.25) is 0 Å². The van der Waals surface area contributed by atoms with Crippen molar-refractivity contribution in [3.63, 3.8) is 0 Å². The number of rotatable bonds is 5. The van der Waals surface area contributed by atoms with Gasteiger partial charge in [-0.25, -0.2) is 4.98 Å². The van der Waals surface area contributed by atoms with Crippen LogP contribution in [0.5, 0.6) is 0 Å². The van der Waals surface area contributed by atoms with Gasteiger partial charge >= 0.3 is 0 Å². The van der Waals surface area contributed by atoms with Crippen molar-refractivity contribution in [3.05, 3.63) is 23.9 Å². The molecular formula is C13H21IN2O. The third-order valence-electron chi connectivity index (χ3n) is 2.65. The Labute approximate surface area is 118 Å². The maximum absolute atomic E-state index is 5.10. The Bertz CT molecular complexity index is 332. The Morgan fingerprint density at radius 2 is 2.06 bits per heavy atom. The first-order valence-corrected chi connectivity index (χ1v) is 7.28. The summed E-state index contributed by atoms with van der Waals surface area (Å²) in [5.74, 6) is 1.02. The molecule has 0 bridgehead atoms. The molecular weight excluding hydrogens is 327 g/mol. The zero-order chi connectivity index (χ0) is 12.9. The molecule has 0 spiro atoms. The Balaban J connectivity index is 2.78. The highest BCUT2D eigenvalue weighted by Crippen LogP contribution is 2.23. The number of ether oxygens (including phenoxy) is 1. The smallest absolute Gasteiger partial charge is 0.129 e.